The van der Waals surface area contributed by atoms with Crippen LogP contribution in [0.2, 0.25) is 0 Å². The van der Waals surface area contributed by atoms with Gasteiger partial charge in [0.05, 0.1) is 13.2 Å². The number of anilines is 1. The first-order chi connectivity index (χ1) is 13.8. The summed E-state index contributed by atoms with van der Waals surface area (Å²) < 4.78 is 22.6. The van der Waals surface area contributed by atoms with Gasteiger partial charge in [-0.1, -0.05) is 0 Å². The van der Waals surface area contributed by atoms with E-state index in [1.165, 1.54) is 0 Å². The Hall–Kier alpha value is -3.35. The van der Waals surface area contributed by atoms with Crippen molar-refractivity contribution in [3.8, 4) is 17.2 Å². The monoisotopic (exact) mass is 396 g/mol. The molecule has 2 aromatic carbocycles. The van der Waals surface area contributed by atoms with Crippen molar-refractivity contribution in [2.24, 2.45) is 0 Å². The van der Waals surface area contributed by atoms with Gasteiger partial charge in [-0.2, -0.15) is 0 Å². The molecule has 0 fully saturated rings. The number of hydrogen-bond donors (Lipinski definition) is 2. The number of nitrogens with one attached hydrogen (secondary N) is 2. The summed E-state index contributed by atoms with van der Waals surface area (Å²) in [6.07, 6.45) is 0. The molecule has 1 unspecified atom stereocenters. The molecule has 3 aromatic rings. The van der Waals surface area contributed by atoms with Gasteiger partial charge in [-0.05, 0) is 44.2 Å². The first-order valence-electron chi connectivity index (χ1n) is 9.42. The SMILES string of the molecule is COc1ccc2oc(C(C)NC(=O)Nc3ccc4c(c3)OC(C)(C)O4)c(C)c2c1. The van der Waals surface area contributed by atoms with Gasteiger partial charge in [0.2, 0.25) is 5.79 Å². The van der Waals surface area contributed by atoms with Crippen molar-refractivity contribution < 1.29 is 23.4 Å². The fraction of sp³-hybridized carbons (Fsp3) is 0.318. The molecule has 1 atom stereocenters. The maximum atomic E-state index is 12.5. The van der Waals surface area contributed by atoms with Crippen LogP contribution < -0.4 is 24.8 Å². The number of methoxy groups -OCH3 is 1. The fourth-order valence-corrected chi connectivity index (χ4v) is 3.49. The topological polar surface area (TPSA) is 82.0 Å². The third-order valence-corrected chi connectivity index (χ3v) is 4.83. The Bertz CT molecular complexity index is 1090. The summed E-state index contributed by atoms with van der Waals surface area (Å²) in [4.78, 5) is 12.5. The molecule has 0 saturated carbocycles. The van der Waals surface area contributed by atoms with Crippen LogP contribution in [0.4, 0.5) is 10.5 Å². The molecule has 2 N–H and O–H groups in total. The molecular weight excluding hydrogens is 372 g/mol. The molecular formula is C22H24N2O5. The summed E-state index contributed by atoms with van der Waals surface area (Å²) in [5.41, 5.74) is 2.34. The molecule has 2 amide bonds. The van der Waals surface area contributed by atoms with Crippen LogP contribution in [-0.2, 0) is 0 Å². The normalized spacial score (nSPS) is 15.2. The number of benzene rings is 2. The van der Waals surface area contributed by atoms with E-state index in [-0.39, 0.29) is 12.1 Å². The van der Waals surface area contributed by atoms with E-state index < -0.39 is 5.79 Å². The standard InChI is InChI=1S/C22H24N2O5/c1-12-16-11-15(26-5)7-9-17(16)27-20(12)13(2)23-21(25)24-14-6-8-18-19(10-14)29-22(3,4)28-18/h6-11,13H,1-5H3,(H2,23,24,25). The largest absolute Gasteiger partial charge is 0.497 e. The van der Waals surface area contributed by atoms with Gasteiger partial charge in [0.25, 0.3) is 0 Å². The minimum absolute atomic E-state index is 0.318. The summed E-state index contributed by atoms with van der Waals surface area (Å²) in [5, 5.41) is 6.70. The molecule has 0 bridgehead atoms. The zero-order valence-corrected chi connectivity index (χ0v) is 17.1. The summed E-state index contributed by atoms with van der Waals surface area (Å²) in [5.74, 6) is 2.01. The zero-order chi connectivity index (χ0) is 20.8. The van der Waals surface area contributed by atoms with Crippen LogP contribution in [0.3, 0.4) is 0 Å². The second-order valence-electron chi connectivity index (χ2n) is 7.54. The van der Waals surface area contributed by atoms with Crippen molar-refractivity contribution in [2.45, 2.75) is 39.5 Å². The van der Waals surface area contributed by atoms with E-state index in [0.717, 1.165) is 22.3 Å². The van der Waals surface area contributed by atoms with Crippen LogP contribution in [0, 0.1) is 6.92 Å². The van der Waals surface area contributed by atoms with Gasteiger partial charge in [-0.15, -0.1) is 0 Å². The number of amides is 2. The minimum atomic E-state index is -0.709. The van der Waals surface area contributed by atoms with E-state index in [2.05, 4.69) is 10.6 Å². The van der Waals surface area contributed by atoms with E-state index in [0.29, 0.717) is 22.9 Å². The third kappa shape index (κ3) is 3.68. The third-order valence-electron chi connectivity index (χ3n) is 4.83. The molecule has 0 aliphatic carbocycles. The number of hydrogen-bond acceptors (Lipinski definition) is 5. The second kappa shape index (κ2) is 6.92. The minimum Gasteiger partial charge on any atom is -0.497 e. The van der Waals surface area contributed by atoms with Crippen LogP contribution in [0.15, 0.2) is 40.8 Å². The van der Waals surface area contributed by atoms with Crippen molar-refractivity contribution in [1.82, 2.24) is 5.32 Å². The van der Waals surface area contributed by atoms with Gasteiger partial charge in [-0.3, -0.25) is 0 Å². The quantitative estimate of drug-likeness (QED) is 0.638. The van der Waals surface area contributed by atoms with Gasteiger partial charge in [0.1, 0.15) is 17.1 Å². The summed E-state index contributed by atoms with van der Waals surface area (Å²) >= 11 is 0. The second-order valence-corrected chi connectivity index (χ2v) is 7.54. The average Bonchev–Trinajstić information content (AvgIpc) is 3.16. The van der Waals surface area contributed by atoms with Crippen molar-refractivity contribution in [3.63, 3.8) is 0 Å². The highest BCUT2D eigenvalue weighted by Crippen LogP contribution is 2.40. The number of carbonyl (C=O) groups excluding carboxylic acids is 1. The zero-order valence-electron chi connectivity index (χ0n) is 17.1. The molecule has 0 saturated heterocycles. The Morgan fingerprint density at radius 2 is 1.86 bits per heavy atom. The molecule has 1 aliphatic rings. The lowest BCUT2D eigenvalue weighted by molar-refractivity contribution is -0.0431. The van der Waals surface area contributed by atoms with Crippen molar-refractivity contribution in [3.05, 3.63) is 47.7 Å². The number of aryl methyl sites for hydroxylation is 1. The predicted octanol–water partition coefficient (Wildman–Crippen LogP) is 5.14. The molecule has 0 radical (unpaired) electrons. The molecule has 2 heterocycles. The number of rotatable bonds is 4. The molecule has 29 heavy (non-hydrogen) atoms. The van der Waals surface area contributed by atoms with E-state index in [1.807, 2.05) is 45.9 Å². The van der Waals surface area contributed by atoms with Gasteiger partial charge in [0.15, 0.2) is 11.5 Å². The lowest BCUT2D eigenvalue weighted by Crippen LogP contribution is -2.31. The summed E-state index contributed by atoms with van der Waals surface area (Å²) in [6.45, 7) is 7.51. The summed E-state index contributed by atoms with van der Waals surface area (Å²) in [6, 6.07) is 10.3. The average molecular weight is 396 g/mol. The maximum Gasteiger partial charge on any atom is 0.319 e. The van der Waals surface area contributed by atoms with Gasteiger partial charge in [-0.25, -0.2) is 4.79 Å². The lowest BCUT2D eigenvalue weighted by atomic mass is 10.1. The Kier molecular flexibility index (Phi) is 4.53. The molecule has 4 rings (SSSR count). The molecule has 152 valence electrons. The van der Waals surface area contributed by atoms with Crippen LogP contribution >= 0.6 is 0 Å². The fourth-order valence-electron chi connectivity index (χ4n) is 3.49. The Morgan fingerprint density at radius 1 is 1.10 bits per heavy atom. The number of fused-ring (bicyclic) bond motifs is 2. The van der Waals surface area contributed by atoms with Crippen molar-refractivity contribution >= 4 is 22.7 Å². The molecule has 7 heteroatoms. The molecule has 7 nitrogen and oxygen atoms in total. The Balaban J connectivity index is 1.47. The number of ether oxygens (including phenoxy) is 3. The highest BCUT2D eigenvalue weighted by molar-refractivity contribution is 5.90. The van der Waals surface area contributed by atoms with E-state index in [1.54, 1.807) is 25.3 Å². The smallest absolute Gasteiger partial charge is 0.319 e. The number of carbonyl (C=O) groups is 1. The lowest BCUT2D eigenvalue weighted by Gasteiger charge is -2.16. The van der Waals surface area contributed by atoms with Crippen molar-refractivity contribution in [1.29, 1.82) is 0 Å². The molecule has 0 spiro atoms. The highest BCUT2D eigenvalue weighted by atomic mass is 16.7. The number of urea groups is 1. The Morgan fingerprint density at radius 3 is 2.62 bits per heavy atom. The van der Waals surface area contributed by atoms with Gasteiger partial charge in [0, 0.05) is 36.6 Å². The number of furan rings is 1. The van der Waals surface area contributed by atoms with E-state index >= 15 is 0 Å². The van der Waals surface area contributed by atoms with Crippen LogP contribution in [0.1, 0.15) is 38.1 Å². The van der Waals surface area contributed by atoms with Crippen LogP contribution in [-0.4, -0.2) is 18.9 Å². The highest BCUT2D eigenvalue weighted by Gasteiger charge is 2.31. The summed E-state index contributed by atoms with van der Waals surface area (Å²) in [7, 11) is 1.63. The van der Waals surface area contributed by atoms with E-state index in [9.17, 15) is 4.79 Å². The Labute approximate surface area is 168 Å². The van der Waals surface area contributed by atoms with Gasteiger partial charge >= 0.3 is 6.03 Å². The molecule has 1 aromatic heterocycles. The van der Waals surface area contributed by atoms with E-state index in [4.69, 9.17) is 18.6 Å². The first-order valence-corrected chi connectivity index (χ1v) is 9.42. The first kappa shape index (κ1) is 19.0. The molecule has 1 aliphatic heterocycles. The van der Waals surface area contributed by atoms with Crippen LogP contribution in [0.5, 0.6) is 17.2 Å². The van der Waals surface area contributed by atoms with Gasteiger partial charge < -0.3 is 29.3 Å². The van der Waals surface area contributed by atoms with Crippen LogP contribution in [0.25, 0.3) is 11.0 Å². The maximum absolute atomic E-state index is 12.5. The predicted molar refractivity (Wildman–Crippen MR) is 110 cm³/mol. The van der Waals surface area contributed by atoms with Crippen molar-refractivity contribution in [2.75, 3.05) is 12.4 Å².